The van der Waals surface area contributed by atoms with E-state index in [0.717, 1.165) is 10.0 Å². The molecule has 0 spiro atoms. The number of amides is 1. The molecule has 0 atom stereocenters. The van der Waals surface area contributed by atoms with Crippen molar-refractivity contribution < 1.29 is 13.2 Å². The number of fused-ring (bicyclic) bond motifs is 1. The molecule has 0 aliphatic carbocycles. The van der Waals surface area contributed by atoms with Crippen molar-refractivity contribution in [2.24, 2.45) is 0 Å². The number of rotatable bonds is 5. The molecule has 170 valence electrons. The Hall–Kier alpha value is -3.16. The van der Waals surface area contributed by atoms with Gasteiger partial charge < -0.3 is 5.32 Å². The van der Waals surface area contributed by atoms with Gasteiger partial charge in [0, 0.05) is 29.4 Å². The predicted octanol–water partition coefficient (Wildman–Crippen LogP) is 1.99. The van der Waals surface area contributed by atoms with E-state index in [1.54, 1.807) is 16.8 Å². The summed E-state index contributed by atoms with van der Waals surface area (Å²) in [6, 6.07) is 9.13. The van der Waals surface area contributed by atoms with Crippen molar-refractivity contribution in [2.45, 2.75) is 12.8 Å². The van der Waals surface area contributed by atoms with E-state index in [1.807, 2.05) is 31.2 Å². The van der Waals surface area contributed by atoms with Crippen LogP contribution in [0.4, 0.5) is 5.69 Å². The average Bonchev–Trinajstić information content (AvgIpc) is 3.34. The highest BCUT2D eigenvalue weighted by atomic mass is 79.9. The number of tetrazole rings is 1. The van der Waals surface area contributed by atoms with Gasteiger partial charge in [-0.1, -0.05) is 22.0 Å². The Morgan fingerprint density at radius 1 is 1.21 bits per heavy atom. The monoisotopic (exact) mass is 530 g/mol. The molecule has 0 unspecified atom stereocenters. The summed E-state index contributed by atoms with van der Waals surface area (Å²) >= 11 is 3.42. The minimum absolute atomic E-state index is 0.0898. The zero-order chi connectivity index (χ0) is 23.3. The van der Waals surface area contributed by atoms with Crippen molar-refractivity contribution in [3.05, 3.63) is 64.1 Å². The lowest BCUT2D eigenvalue weighted by molar-refractivity contribution is 0.102. The van der Waals surface area contributed by atoms with Crippen LogP contribution in [0.15, 0.2) is 47.2 Å². The largest absolute Gasteiger partial charge is 0.322 e. The van der Waals surface area contributed by atoms with E-state index in [9.17, 15) is 13.2 Å². The highest BCUT2D eigenvalue weighted by molar-refractivity contribution is 9.10. The van der Waals surface area contributed by atoms with Crippen LogP contribution in [0.25, 0.3) is 11.2 Å². The van der Waals surface area contributed by atoms with Gasteiger partial charge in [0.05, 0.1) is 35.1 Å². The zero-order valence-electron chi connectivity index (χ0n) is 17.7. The molecule has 1 aromatic carbocycles. The summed E-state index contributed by atoms with van der Waals surface area (Å²) in [5, 5.41) is 19.8. The number of benzene rings is 1. The molecule has 5 rings (SSSR count). The smallest absolute Gasteiger partial charge is 0.259 e. The maximum absolute atomic E-state index is 13.0. The fourth-order valence-electron chi connectivity index (χ4n) is 3.56. The third-order valence-corrected chi connectivity index (χ3v) is 7.27. The quantitative estimate of drug-likeness (QED) is 0.417. The van der Waals surface area contributed by atoms with Crippen LogP contribution in [0, 0.1) is 6.92 Å². The number of anilines is 1. The predicted molar refractivity (Wildman–Crippen MR) is 124 cm³/mol. The van der Waals surface area contributed by atoms with Crippen molar-refractivity contribution in [3.8, 4) is 5.69 Å². The Labute approximate surface area is 197 Å². The highest BCUT2D eigenvalue weighted by Gasteiger charge is 2.36. The second kappa shape index (κ2) is 8.01. The van der Waals surface area contributed by atoms with Crippen molar-refractivity contribution >= 4 is 43.1 Å². The van der Waals surface area contributed by atoms with E-state index in [1.165, 1.54) is 21.6 Å². The maximum atomic E-state index is 13.0. The number of carbonyl (C=O) groups is 1. The van der Waals surface area contributed by atoms with Gasteiger partial charge in [0.25, 0.3) is 5.91 Å². The first kappa shape index (κ1) is 21.7. The van der Waals surface area contributed by atoms with Gasteiger partial charge in [-0.15, -0.1) is 15.0 Å². The van der Waals surface area contributed by atoms with Crippen molar-refractivity contribution in [1.29, 1.82) is 0 Å². The van der Waals surface area contributed by atoms with Crippen molar-refractivity contribution in [1.82, 2.24) is 34.1 Å². The zero-order valence-corrected chi connectivity index (χ0v) is 20.1. The first-order valence-electron chi connectivity index (χ1n) is 9.99. The van der Waals surface area contributed by atoms with E-state index in [4.69, 9.17) is 0 Å². The van der Waals surface area contributed by atoms with Gasteiger partial charge in [-0.3, -0.25) is 4.79 Å². The first-order chi connectivity index (χ1) is 15.7. The topological polar surface area (TPSA) is 127 Å². The van der Waals surface area contributed by atoms with Crippen LogP contribution in [0.5, 0.6) is 0 Å². The Kier molecular flexibility index (Phi) is 5.26. The molecular formula is C20H19BrN8O3S. The molecule has 33 heavy (non-hydrogen) atoms. The molecule has 1 fully saturated rings. The van der Waals surface area contributed by atoms with Gasteiger partial charge in [-0.2, -0.15) is 5.10 Å². The van der Waals surface area contributed by atoms with Crippen LogP contribution in [0.1, 0.15) is 27.7 Å². The van der Waals surface area contributed by atoms with E-state index in [-0.39, 0.29) is 11.8 Å². The maximum Gasteiger partial charge on any atom is 0.259 e. The molecule has 0 saturated carbocycles. The van der Waals surface area contributed by atoms with Crippen LogP contribution in [0.3, 0.4) is 0 Å². The molecule has 4 heterocycles. The van der Waals surface area contributed by atoms with Crippen molar-refractivity contribution in [2.75, 3.05) is 24.7 Å². The number of nitrogens with zero attached hydrogens (tertiary/aromatic N) is 7. The number of pyridine rings is 1. The van der Waals surface area contributed by atoms with Gasteiger partial charge >= 0.3 is 0 Å². The van der Waals surface area contributed by atoms with Crippen LogP contribution >= 0.6 is 15.9 Å². The van der Waals surface area contributed by atoms with Gasteiger partial charge in [0.2, 0.25) is 10.0 Å². The average molecular weight is 531 g/mol. The third kappa shape index (κ3) is 4.14. The molecule has 1 saturated heterocycles. The normalized spacial score (nSPS) is 15.0. The Morgan fingerprint density at radius 3 is 2.76 bits per heavy atom. The SMILES string of the molecule is Cc1ccc(-n2nnc(C3CN(S(C)(=O)=O)C3)n2)cc1NC(=O)c1cnn2ccc(Br)cc12. The molecule has 0 bridgehead atoms. The van der Waals surface area contributed by atoms with Crippen molar-refractivity contribution in [3.63, 3.8) is 0 Å². The summed E-state index contributed by atoms with van der Waals surface area (Å²) in [5.74, 6) is 0.108. The minimum Gasteiger partial charge on any atom is -0.322 e. The summed E-state index contributed by atoms with van der Waals surface area (Å²) < 4.78 is 27.0. The number of hydrogen-bond donors (Lipinski definition) is 1. The fourth-order valence-corrected chi connectivity index (χ4v) is 4.80. The second-order valence-electron chi connectivity index (χ2n) is 7.90. The molecule has 1 N–H and O–H groups in total. The van der Waals surface area contributed by atoms with E-state index in [0.29, 0.717) is 41.4 Å². The lowest BCUT2D eigenvalue weighted by Gasteiger charge is -2.34. The van der Waals surface area contributed by atoms with Gasteiger partial charge in [0.15, 0.2) is 5.82 Å². The first-order valence-corrected chi connectivity index (χ1v) is 12.6. The number of hydrogen-bond acceptors (Lipinski definition) is 7. The number of carbonyl (C=O) groups excluding carboxylic acids is 1. The third-order valence-electron chi connectivity index (χ3n) is 5.54. The molecule has 3 aromatic heterocycles. The Balaban J connectivity index is 1.36. The summed E-state index contributed by atoms with van der Waals surface area (Å²) in [4.78, 5) is 14.3. The number of halogens is 1. The molecule has 1 aliphatic rings. The molecular weight excluding hydrogens is 512 g/mol. The van der Waals surface area contributed by atoms with Gasteiger partial charge in [-0.25, -0.2) is 17.2 Å². The highest BCUT2D eigenvalue weighted by Crippen LogP contribution is 2.27. The number of aryl methyl sites for hydroxylation is 1. The Bertz CT molecular complexity index is 1490. The van der Waals surface area contributed by atoms with Crippen LogP contribution in [-0.4, -0.2) is 67.8 Å². The number of nitrogens with one attached hydrogen (secondary N) is 1. The van der Waals surface area contributed by atoms with Gasteiger partial charge in [-0.05, 0) is 42.0 Å². The lowest BCUT2D eigenvalue weighted by atomic mass is 10.0. The Morgan fingerprint density at radius 2 is 2.00 bits per heavy atom. The minimum atomic E-state index is -3.21. The van der Waals surface area contributed by atoms with Crippen LogP contribution < -0.4 is 5.32 Å². The number of aromatic nitrogens is 6. The summed E-state index contributed by atoms with van der Waals surface area (Å²) in [5.41, 5.74) is 3.23. The summed E-state index contributed by atoms with van der Waals surface area (Å²) in [6.45, 7) is 2.57. The second-order valence-corrected chi connectivity index (χ2v) is 10.8. The molecule has 13 heteroatoms. The molecule has 1 amide bonds. The molecule has 0 radical (unpaired) electrons. The lowest BCUT2D eigenvalue weighted by Crippen LogP contribution is -2.48. The standard InChI is InChI=1S/C20H19BrN8O3S/c1-12-3-4-15(29-25-19(24-26-29)13-10-27(11-13)33(2,31)32)8-17(12)23-20(30)16-9-22-28-6-5-14(21)7-18(16)28/h3-9,13H,10-11H2,1-2H3,(H,23,30). The van der Waals surface area contributed by atoms with Crippen LogP contribution in [0.2, 0.25) is 0 Å². The number of sulfonamides is 1. The van der Waals surface area contributed by atoms with Gasteiger partial charge in [0.1, 0.15) is 0 Å². The fraction of sp³-hybridized carbons (Fsp3) is 0.250. The molecule has 11 nitrogen and oxygen atoms in total. The summed E-state index contributed by atoms with van der Waals surface area (Å²) in [6.07, 6.45) is 4.48. The van der Waals surface area contributed by atoms with E-state index in [2.05, 4.69) is 41.8 Å². The summed E-state index contributed by atoms with van der Waals surface area (Å²) in [7, 11) is -3.21. The van der Waals surface area contributed by atoms with E-state index >= 15 is 0 Å². The van der Waals surface area contributed by atoms with E-state index < -0.39 is 10.0 Å². The molecule has 1 aliphatic heterocycles. The molecule has 4 aromatic rings. The van der Waals surface area contributed by atoms with Crippen LogP contribution in [-0.2, 0) is 10.0 Å².